The van der Waals surface area contributed by atoms with Gasteiger partial charge < -0.3 is 15.0 Å². The van der Waals surface area contributed by atoms with Crippen molar-refractivity contribution in [1.29, 1.82) is 0 Å². The lowest BCUT2D eigenvalue weighted by Gasteiger charge is -2.30. The molecule has 0 aromatic heterocycles. The maximum absolute atomic E-state index is 5.25. The van der Waals surface area contributed by atoms with Crippen molar-refractivity contribution in [2.24, 2.45) is 4.99 Å². The summed E-state index contributed by atoms with van der Waals surface area (Å²) in [4.78, 5) is 6.56. The van der Waals surface area contributed by atoms with E-state index < -0.39 is 0 Å². The molecule has 0 unspecified atom stereocenters. The first-order valence-corrected chi connectivity index (χ1v) is 4.25. The average molecular weight is 167 g/mol. The third kappa shape index (κ3) is 1.58. The summed E-state index contributed by atoms with van der Waals surface area (Å²) >= 11 is 0. The van der Waals surface area contributed by atoms with Crippen molar-refractivity contribution in [3.8, 4) is 0 Å². The molecule has 0 amide bonds. The van der Waals surface area contributed by atoms with E-state index in [1.165, 1.54) is 0 Å². The first-order valence-electron chi connectivity index (χ1n) is 4.25. The molecule has 0 aromatic carbocycles. The summed E-state index contributed by atoms with van der Waals surface area (Å²) in [5.41, 5.74) is 0. The smallest absolute Gasteiger partial charge is 0.198 e. The minimum absolute atomic E-state index is 0.791. The number of hydrogen-bond acceptors (Lipinski definition) is 4. The molecular formula is C8H13N3O. The number of aliphatic imine (C=N–C) groups is 1. The molecule has 1 saturated heterocycles. The van der Waals surface area contributed by atoms with Gasteiger partial charge in [-0.2, -0.15) is 0 Å². The Morgan fingerprint density at radius 1 is 1.42 bits per heavy atom. The van der Waals surface area contributed by atoms with Crippen molar-refractivity contribution in [1.82, 2.24) is 10.2 Å². The van der Waals surface area contributed by atoms with Crippen molar-refractivity contribution in [3.63, 3.8) is 0 Å². The van der Waals surface area contributed by atoms with Crippen LogP contribution in [0.1, 0.15) is 0 Å². The highest BCUT2D eigenvalue weighted by atomic mass is 16.5. The van der Waals surface area contributed by atoms with Crippen molar-refractivity contribution in [2.45, 2.75) is 0 Å². The number of guanidine groups is 1. The summed E-state index contributed by atoms with van der Waals surface area (Å²) in [5.74, 6) is 0.987. The summed E-state index contributed by atoms with van der Waals surface area (Å²) in [6, 6.07) is 0. The molecule has 4 nitrogen and oxygen atoms in total. The number of rotatable bonds is 0. The molecule has 2 rings (SSSR count). The summed E-state index contributed by atoms with van der Waals surface area (Å²) in [5, 5.41) is 3.13. The first kappa shape index (κ1) is 7.61. The predicted molar refractivity (Wildman–Crippen MR) is 47.0 cm³/mol. The highest BCUT2D eigenvalue weighted by molar-refractivity contribution is 5.81. The fourth-order valence-corrected chi connectivity index (χ4v) is 1.34. The van der Waals surface area contributed by atoms with Crippen LogP contribution in [0.15, 0.2) is 17.3 Å². The SMILES string of the molecule is C1=CNC(N2CCOCC2)=NC1. The van der Waals surface area contributed by atoms with Crippen LogP contribution in [-0.2, 0) is 4.74 Å². The quantitative estimate of drug-likeness (QED) is 0.542. The number of nitrogens with zero attached hydrogens (tertiary/aromatic N) is 2. The number of morpholine rings is 1. The molecule has 0 atom stereocenters. The van der Waals surface area contributed by atoms with Crippen LogP contribution in [0.5, 0.6) is 0 Å². The lowest BCUT2D eigenvalue weighted by atomic mass is 10.4. The Labute approximate surface area is 71.9 Å². The Bertz CT molecular complexity index is 206. The minimum atomic E-state index is 0.791. The molecule has 2 heterocycles. The summed E-state index contributed by atoms with van der Waals surface area (Å²) < 4.78 is 5.25. The summed E-state index contributed by atoms with van der Waals surface area (Å²) in [6.07, 6.45) is 3.95. The second kappa shape index (κ2) is 3.58. The Kier molecular flexibility index (Phi) is 2.27. The van der Waals surface area contributed by atoms with Gasteiger partial charge in [-0.25, -0.2) is 4.99 Å². The van der Waals surface area contributed by atoms with Gasteiger partial charge in [-0.3, -0.25) is 0 Å². The molecule has 4 heteroatoms. The second-order valence-corrected chi connectivity index (χ2v) is 2.81. The van der Waals surface area contributed by atoms with Crippen LogP contribution in [0.25, 0.3) is 0 Å². The van der Waals surface area contributed by atoms with Crippen LogP contribution in [0.2, 0.25) is 0 Å². The van der Waals surface area contributed by atoms with Crippen LogP contribution in [-0.4, -0.2) is 43.7 Å². The van der Waals surface area contributed by atoms with Crippen LogP contribution in [0.4, 0.5) is 0 Å². The lowest BCUT2D eigenvalue weighted by molar-refractivity contribution is 0.0667. The van der Waals surface area contributed by atoms with Crippen molar-refractivity contribution < 1.29 is 4.74 Å². The molecular weight excluding hydrogens is 154 g/mol. The molecule has 0 saturated carbocycles. The molecule has 2 aliphatic heterocycles. The zero-order valence-corrected chi connectivity index (χ0v) is 6.99. The van der Waals surface area contributed by atoms with Crippen molar-refractivity contribution >= 4 is 5.96 Å². The van der Waals surface area contributed by atoms with Gasteiger partial charge in [-0.15, -0.1) is 0 Å². The Balaban J connectivity index is 1.93. The van der Waals surface area contributed by atoms with E-state index in [0.29, 0.717) is 0 Å². The fourth-order valence-electron chi connectivity index (χ4n) is 1.34. The zero-order valence-electron chi connectivity index (χ0n) is 6.99. The van der Waals surface area contributed by atoms with E-state index in [9.17, 15) is 0 Å². The highest BCUT2D eigenvalue weighted by Crippen LogP contribution is 1.99. The van der Waals surface area contributed by atoms with Crippen LogP contribution in [0, 0.1) is 0 Å². The molecule has 2 aliphatic rings. The topological polar surface area (TPSA) is 36.9 Å². The van der Waals surface area contributed by atoms with E-state index in [0.717, 1.165) is 38.8 Å². The molecule has 66 valence electrons. The number of hydrogen-bond donors (Lipinski definition) is 1. The van der Waals surface area contributed by atoms with Crippen LogP contribution < -0.4 is 5.32 Å². The van der Waals surface area contributed by atoms with Gasteiger partial charge in [0.15, 0.2) is 5.96 Å². The standard InChI is InChI=1S/C8H13N3O/c1-2-9-8(10-3-1)11-4-6-12-7-5-11/h1-2H,3-7H2,(H,9,10). The molecule has 1 fully saturated rings. The maximum Gasteiger partial charge on any atom is 0.198 e. The molecule has 0 aromatic rings. The molecule has 0 radical (unpaired) electrons. The van der Waals surface area contributed by atoms with E-state index in [2.05, 4.69) is 15.2 Å². The molecule has 0 aliphatic carbocycles. The van der Waals surface area contributed by atoms with Gasteiger partial charge in [0, 0.05) is 19.3 Å². The van der Waals surface area contributed by atoms with Gasteiger partial charge in [-0.1, -0.05) is 0 Å². The number of ether oxygens (including phenoxy) is 1. The largest absolute Gasteiger partial charge is 0.378 e. The molecule has 0 bridgehead atoms. The monoisotopic (exact) mass is 167 g/mol. The molecule has 12 heavy (non-hydrogen) atoms. The van der Waals surface area contributed by atoms with Gasteiger partial charge in [0.25, 0.3) is 0 Å². The second-order valence-electron chi connectivity index (χ2n) is 2.81. The van der Waals surface area contributed by atoms with E-state index in [1.54, 1.807) is 0 Å². The van der Waals surface area contributed by atoms with E-state index >= 15 is 0 Å². The third-order valence-electron chi connectivity index (χ3n) is 1.99. The summed E-state index contributed by atoms with van der Waals surface area (Å²) in [6.45, 7) is 4.30. The van der Waals surface area contributed by atoms with Crippen molar-refractivity contribution in [2.75, 3.05) is 32.8 Å². The predicted octanol–water partition coefficient (Wildman–Crippen LogP) is -0.209. The van der Waals surface area contributed by atoms with Crippen LogP contribution >= 0.6 is 0 Å². The highest BCUT2D eigenvalue weighted by Gasteiger charge is 2.14. The lowest BCUT2D eigenvalue weighted by Crippen LogP contribution is -2.46. The minimum Gasteiger partial charge on any atom is -0.378 e. The van der Waals surface area contributed by atoms with Crippen molar-refractivity contribution in [3.05, 3.63) is 12.3 Å². The first-order chi connectivity index (χ1) is 5.97. The number of nitrogens with one attached hydrogen (secondary N) is 1. The normalized spacial score (nSPS) is 23.3. The van der Waals surface area contributed by atoms with Gasteiger partial charge >= 0.3 is 0 Å². The summed E-state index contributed by atoms with van der Waals surface area (Å²) in [7, 11) is 0. The Morgan fingerprint density at radius 2 is 2.25 bits per heavy atom. The molecule has 0 spiro atoms. The van der Waals surface area contributed by atoms with E-state index in [4.69, 9.17) is 4.74 Å². The Morgan fingerprint density at radius 3 is 2.92 bits per heavy atom. The van der Waals surface area contributed by atoms with Gasteiger partial charge in [0.1, 0.15) is 0 Å². The maximum atomic E-state index is 5.25. The molecule has 1 N–H and O–H groups in total. The third-order valence-corrected chi connectivity index (χ3v) is 1.99. The fraction of sp³-hybridized carbons (Fsp3) is 0.625. The zero-order chi connectivity index (χ0) is 8.23. The van der Waals surface area contributed by atoms with Gasteiger partial charge in [-0.05, 0) is 6.08 Å². The van der Waals surface area contributed by atoms with Gasteiger partial charge in [0.05, 0.1) is 19.8 Å². The van der Waals surface area contributed by atoms with E-state index in [-0.39, 0.29) is 0 Å². The Hall–Kier alpha value is -1.03. The van der Waals surface area contributed by atoms with E-state index in [1.807, 2.05) is 12.3 Å². The van der Waals surface area contributed by atoms with Gasteiger partial charge in [0.2, 0.25) is 0 Å². The average Bonchev–Trinajstić information content (AvgIpc) is 2.21. The van der Waals surface area contributed by atoms with Crippen LogP contribution in [0.3, 0.4) is 0 Å².